The summed E-state index contributed by atoms with van der Waals surface area (Å²) in [7, 11) is 1.66. The lowest BCUT2D eigenvalue weighted by Crippen LogP contribution is -2.53. The van der Waals surface area contributed by atoms with Gasteiger partial charge in [0.15, 0.2) is 0 Å². The van der Waals surface area contributed by atoms with Crippen molar-refractivity contribution < 1.29 is 9.53 Å². The van der Waals surface area contributed by atoms with Crippen molar-refractivity contribution >= 4 is 6.03 Å². The summed E-state index contributed by atoms with van der Waals surface area (Å²) >= 11 is 0. The molecule has 3 heterocycles. The molecular formula is C14H17N5O2. The van der Waals surface area contributed by atoms with Crippen molar-refractivity contribution in [2.75, 3.05) is 7.11 Å². The normalized spacial score (nSPS) is 30.1. The number of rotatable bonds is 2. The lowest BCUT2D eigenvalue weighted by molar-refractivity contribution is 0.140. The van der Waals surface area contributed by atoms with Crippen molar-refractivity contribution in [3.63, 3.8) is 0 Å². The predicted octanol–water partition coefficient (Wildman–Crippen LogP) is 0.656. The van der Waals surface area contributed by atoms with Crippen molar-refractivity contribution in [3.05, 3.63) is 42.2 Å². The number of ether oxygens (including phenoxy) is 1. The van der Waals surface area contributed by atoms with Crippen LogP contribution in [0.2, 0.25) is 0 Å². The summed E-state index contributed by atoms with van der Waals surface area (Å²) in [5.74, 6) is 0.854. The molecule has 2 amide bonds. The maximum absolute atomic E-state index is 11.7. The highest BCUT2D eigenvalue weighted by Crippen LogP contribution is 2.33. The van der Waals surface area contributed by atoms with Crippen LogP contribution in [0.4, 0.5) is 4.79 Å². The van der Waals surface area contributed by atoms with E-state index < -0.39 is 0 Å². The van der Waals surface area contributed by atoms with Crippen LogP contribution in [0.5, 0.6) is 5.75 Å². The van der Waals surface area contributed by atoms with Crippen molar-refractivity contribution in [1.82, 2.24) is 26.2 Å². The first kappa shape index (κ1) is 12.5. The molecule has 21 heavy (non-hydrogen) atoms. The fraction of sp³-hybridized carbons (Fsp3) is 0.357. The first-order valence-corrected chi connectivity index (χ1v) is 6.97. The summed E-state index contributed by atoms with van der Waals surface area (Å²) < 4.78 is 5.19. The molecule has 3 N–H and O–H groups in total. The van der Waals surface area contributed by atoms with Gasteiger partial charge in [0.25, 0.3) is 0 Å². The Morgan fingerprint density at radius 1 is 1.24 bits per heavy atom. The summed E-state index contributed by atoms with van der Waals surface area (Å²) in [5.41, 5.74) is 10.4. The molecule has 2 saturated heterocycles. The number of carbonyl (C=O) groups is 1. The number of carbonyl (C=O) groups excluding carboxylic acids is 1. The molecule has 0 bridgehead atoms. The molecule has 0 spiro atoms. The van der Waals surface area contributed by atoms with Crippen LogP contribution in [-0.2, 0) is 0 Å². The Balaban J connectivity index is 1.54. The Labute approximate surface area is 122 Å². The maximum Gasteiger partial charge on any atom is 0.337 e. The number of hydrogen-bond donors (Lipinski definition) is 3. The molecule has 1 aromatic carbocycles. The number of hydrazine groups is 2. The number of methoxy groups -OCH3 is 1. The molecule has 1 aromatic rings. The third-order valence-corrected chi connectivity index (χ3v) is 4.27. The van der Waals surface area contributed by atoms with Gasteiger partial charge in [-0.15, -0.1) is 0 Å². The number of nitrogens with zero attached hydrogens (tertiary/aromatic N) is 2. The largest absolute Gasteiger partial charge is 0.497 e. The Hall–Kier alpha value is -2.25. The van der Waals surface area contributed by atoms with E-state index >= 15 is 0 Å². The number of hydrogen-bond acceptors (Lipinski definition) is 5. The molecule has 3 aliphatic heterocycles. The van der Waals surface area contributed by atoms with Crippen LogP contribution in [0.25, 0.3) is 0 Å². The van der Waals surface area contributed by atoms with Gasteiger partial charge in [-0.3, -0.25) is 10.3 Å². The molecule has 0 aromatic heterocycles. The van der Waals surface area contributed by atoms with Crippen LogP contribution >= 0.6 is 0 Å². The van der Waals surface area contributed by atoms with Gasteiger partial charge in [0.1, 0.15) is 11.9 Å². The number of benzene rings is 1. The van der Waals surface area contributed by atoms with E-state index in [2.05, 4.69) is 33.4 Å². The minimum atomic E-state index is -0.108. The molecule has 110 valence electrons. The molecule has 3 atom stereocenters. The minimum Gasteiger partial charge on any atom is -0.497 e. The Morgan fingerprint density at radius 2 is 2.05 bits per heavy atom. The molecule has 0 saturated carbocycles. The smallest absolute Gasteiger partial charge is 0.337 e. The van der Waals surface area contributed by atoms with Crippen LogP contribution in [0.1, 0.15) is 18.0 Å². The van der Waals surface area contributed by atoms with E-state index in [0.29, 0.717) is 0 Å². The van der Waals surface area contributed by atoms with Gasteiger partial charge in [0.2, 0.25) is 0 Å². The molecule has 7 heteroatoms. The number of fused-ring (bicyclic) bond motifs is 3. The van der Waals surface area contributed by atoms with E-state index in [4.69, 9.17) is 4.74 Å². The zero-order chi connectivity index (χ0) is 14.4. The van der Waals surface area contributed by atoms with Gasteiger partial charge in [-0.05, 0) is 24.1 Å². The SMILES string of the molecule is COc1ccc(C2CC3C4NNC(=O)N4C=CN3N2)cc1. The third kappa shape index (κ3) is 1.93. The molecule has 3 unspecified atom stereocenters. The second-order valence-corrected chi connectivity index (χ2v) is 5.39. The van der Waals surface area contributed by atoms with E-state index in [-0.39, 0.29) is 24.3 Å². The van der Waals surface area contributed by atoms with Crippen LogP contribution in [0.15, 0.2) is 36.7 Å². The van der Waals surface area contributed by atoms with E-state index in [1.165, 1.54) is 5.56 Å². The molecule has 0 aliphatic carbocycles. The maximum atomic E-state index is 11.7. The summed E-state index contributed by atoms with van der Waals surface area (Å²) in [5, 5.41) is 2.07. The molecule has 0 radical (unpaired) electrons. The highest BCUT2D eigenvalue weighted by Gasteiger charge is 2.45. The van der Waals surface area contributed by atoms with Gasteiger partial charge >= 0.3 is 6.03 Å². The number of nitrogens with one attached hydrogen (secondary N) is 3. The highest BCUT2D eigenvalue weighted by molar-refractivity contribution is 5.77. The average Bonchev–Trinajstić information content (AvgIpc) is 3.11. The van der Waals surface area contributed by atoms with Gasteiger partial charge in [0.05, 0.1) is 19.2 Å². The molecule has 7 nitrogen and oxygen atoms in total. The Morgan fingerprint density at radius 3 is 2.81 bits per heavy atom. The van der Waals surface area contributed by atoms with Crippen LogP contribution < -0.4 is 21.0 Å². The zero-order valence-electron chi connectivity index (χ0n) is 11.6. The first-order chi connectivity index (χ1) is 10.3. The summed E-state index contributed by atoms with van der Waals surface area (Å²) in [6, 6.07) is 8.39. The fourth-order valence-electron chi connectivity index (χ4n) is 3.15. The average molecular weight is 287 g/mol. The highest BCUT2D eigenvalue weighted by atomic mass is 16.5. The van der Waals surface area contributed by atoms with Gasteiger partial charge < -0.3 is 9.75 Å². The van der Waals surface area contributed by atoms with E-state index in [1.807, 2.05) is 18.3 Å². The number of urea groups is 1. The molecule has 3 aliphatic rings. The number of amides is 2. The third-order valence-electron chi connectivity index (χ3n) is 4.27. The summed E-state index contributed by atoms with van der Waals surface area (Å²) in [4.78, 5) is 13.4. The first-order valence-electron chi connectivity index (χ1n) is 6.97. The van der Waals surface area contributed by atoms with Crippen molar-refractivity contribution in [2.24, 2.45) is 0 Å². The predicted molar refractivity (Wildman–Crippen MR) is 75.5 cm³/mol. The molecule has 2 fully saturated rings. The van der Waals surface area contributed by atoms with E-state index in [9.17, 15) is 4.79 Å². The molecular weight excluding hydrogens is 270 g/mol. The minimum absolute atomic E-state index is 0.0433. The Bertz CT molecular complexity index is 588. The van der Waals surface area contributed by atoms with Crippen molar-refractivity contribution in [3.8, 4) is 5.75 Å². The van der Waals surface area contributed by atoms with Crippen LogP contribution in [0, 0.1) is 0 Å². The second kappa shape index (κ2) is 4.64. The zero-order valence-corrected chi connectivity index (χ0v) is 11.6. The van der Waals surface area contributed by atoms with Crippen LogP contribution in [-0.4, -0.2) is 35.3 Å². The van der Waals surface area contributed by atoms with Crippen molar-refractivity contribution in [1.29, 1.82) is 0 Å². The Kier molecular flexibility index (Phi) is 2.76. The quantitative estimate of drug-likeness (QED) is 0.745. The van der Waals surface area contributed by atoms with Gasteiger partial charge in [-0.2, -0.15) is 0 Å². The summed E-state index contributed by atoms with van der Waals surface area (Å²) in [6.07, 6.45) is 4.58. The van der Waals surface area contributed by atoms with Crippen LogP contribution in [0.3, 0.4) is 0 Å². The topological polar surface area (TPSA) is 68.9 Å². The fourth-order valence-corrected chi connectivity index (χ4v) is 3.15. The van der Waals surface area contributed by atoms with Gasteiger partial charge in [-0.1, -0.05) is 12.1 Å². The van der Waals surface area contributed by atoms with Gasteiger partial charge in [-0.25, -0.2) is 15.6 Å². The van der Waals surface area contributed by atoms with E-state index in [0.717, 1.165) is 12.2 Å². The lowest BCUT2D eigenvalue weighted by Gasteiger charge is -2.34. The van der Waals surface area contributed by atoms with Crippen molar-refractivity contribution in [2.45, 2.75) is 24.7 Å². The van der Waals surface area contributed by atoms with Gasteiger partial charge in [0, 0.05) is 12.4 Å². The monoisotopic (exact) mass is 287 g/mol. The second-order valence-electron chi connectivity index (χ2n) is 5.39. The molecule has 4 rings (SSSR count). The lowest BCUT2D eigenvalue weighted by atomic mass is 10.00. The van der Waals surface area contributed by atoms with E-state index in [1.54, 1.807) is 18.2 Å². The standard InChI is InChI=1S/C14H17N5O2/c1-21-10-4-2-9(3-5-10)11-8-12-13-15-16-14(20)18(13)6-7-19(12)17-11/h2-7,11-13,15,17H,8H2,1H3,(H,16,20). The summed E-state index contributed by atoms with van der Waals surface area (Å²) in [6.45, 7) is 0.